The summed E-state index contributed by atoms with van der Waals surface area (Å²) in [7, 11) is 1.81. The SMILES string of the molecule is Cn1ncc(C23CC(NC(=O)[C@H]4C[C@@H](O)c5cc(Cl)ccc5O4)(C2)C3)n1. The van der Waals surface area contributed by atoms with Gasteiger partial charge in [-0.1, -0.05) is 11.6 Å². The van der Waals surface area contributed by atoms with E-state index in [9.17, 15) is 9.90 Å². The molecule has 0 saturated heterocycles. The van der Waals surface area contributed by atoms with Crippen LogP contribution in [-0.2, 0) is 17.3 Å². The number of amides is 1. The number of aryl methyl sites for hydroxylation is 1. The number of aliphatic hydroxyl groups is 1. The molecule has 1 aromatic carbocycles. The van der Waals surface area contributed by atoms with Gasteiger partial charge in [0.1, 0.15) is 5.75 Å². The second-order valence-electron chi connectivity index (χ2n) is 7.84. The lowest BCUT2D eigenvalue weighted by molar-refractivity contribution is -0.147. The van der Waals surface area contributed by atoms with E-state index >= 15 is 0 Å². The molecule has 0 radical (unpaired) electrons. The van der Waals surface area contributed by atoms with Crippen LogP contribution in [0.3, 0.4) is 0 Å². The van der Waals surface area contributed by atoms with Crippen LogP contribution in [0.1, 0.15) is 43.0 Å². The van der Waals surface area contributed by atoms with Gasteiger partial charge < -0.3 is 15.2 Å². The van der Waals surface area contributed by atoms with Crippen molar-refractivity contribution in [2.45, 2.75) is 48.8 Å². The third kappa shape index (κ3) is 2.27. The molecule has 2 N–H and O–H groups in total. The molecule has 8 heteroatoms. The molecule has 26 heavy (non-hydrogen) atoms. The van der Waals surface area contributed by atoms with Crippen LogP contribution in [0, 0.1) is 0 Å². The summed E-state index contributed by atoms with van der Waals surface area (Å²) in [5, 5.41) is 22.6. The maximum Gasteiger partial charge on any atom is 0.261 e. The molecule has 2 bridgehead atoms. The first-order valence-corrected chi connectivity index (χ1v) is 9.09. The number of hydrogen-bond acceptors (Lipinski definition) is 5. The quantitative estimate of drug-likeness (QED) is 0.852. The molecule has 1 aliphatic heterocycles. The molecule has 2 heterocycles. The van der Waals surface area contributed by atoms with Gasteiger partial charge in [-0.3, -0.25) is 4.79 Å². The molecule has 4 aliphatic rings. The zero-order chi connectivity index (χ0) is 18.1. The standard InChI is InChI=1S/C18H19ClN4O3/c1-23-20-6-15(22-23)17-7-18(8-17,9-17)21-16(25)14-5-12(24)11-4-10(19)2-3-13(11)26-14/h2-4,6,12,14,24H,5,7-9H2,1H3,(H,21,25)/t12-,14-,17?,18?/m1/s1. The third-order valence-electron chi connectivity index (χ3n) is 5.89. The molecule has 136 valence electrons. The minimum atomic E-state index is -0.757. The number of nitrogens with zero attached hydrogens (tertiary/aromatic N) is 3. The van der Waals surface area contributed by atoms with Crippen molar-refractivity contribution in [2.24, 2.45) is 7.05 Å². The van der Waals surface area contributed by atoms with Gasteiger partial charge in [0.2, 0.25) is 0 Å². The van der Waals surface area contributed by atoms with Crippen molar-refractivity contribution in [1.82, 2.24) is 20.3 Å². The summed E-state index contributed by atoms with van der Waals surface area (Å²) in [4.78, 5) is 14.3. The maximum atomic E-state index is 12.7. The normalized spacial score (nSPS) is 34.1. The van der Waals surface area contributed by atoms with E-state index in [4.69, 9.17) is 16.3 Å². The number of aliphatic hydroxyl groups excluding tert-OH is 1. The minimum Gasteiger partial charge on any atom is -0.480 e. The van der Waals surface area contributed by atoms with E-state index in [0.717, 1.165) is 25.0 Å². The average Bonchev–Trinajstić information content (AvgIpc) is 2.96. The first kappa shape index (κ1) is 16.1. The summed E-state index contributed by atoms with van der Waals surface area (Å²) in [5.41, 5.74) is 1.54. The predicted molar refractivity (Wildman–Crippen MR) is 92.9 cm³/mol. The van der Waals surface area contributed by atoms with E-state index in [1.54, 1.807) is 23.0 Å². The van der Waals surface area contributed by atoms with Gasteiger partial charge in [0, 0.05) is 35.0 Å². The number of nitrogens with one attached hydrogen (secondary N) is 1. The fourth-order valence-corrected chi connectivity index (χ4v) is 4.88. The molecule has 2 atom stereocenters. The van der Waals surface area contributed by atoms with Crippen LogP contribution >= 0.6 is 11.6 Å². The van der Waals surface area contributed by atoms with Gasteiger partial charge in [-0.2, -0.15) is 15.0 Å². The largest absolute Gasteiger partial charge is 0.480 e. The fourth-order valence-electron chi connectivity index (χ4n) is 4.70. The Morgan fingerprint density at radius 2 is 2.19 bits per heavy atom. The second-order valence-corrected chi connectivity index (χ2v) is 8.28. The van der Waals surface area contributed by atoms with Gasteiger partial charge in [-0.15, -0.1) is 0 Å². The summed E-state index contributed by atoms with van der Waals surface area (Å²) < 4.78 is 5.81. The number of carbonyl (C=O) groups is 1. The Bertz CT molecular complexity index is 892. The summed E-state index contributed by atoms with van der Waals surface area (Å²) in [5.74, 6) is 0.346. The number of benzene rings is 1. The Kier molecular flexibility index (Phi) is 3.22. The van der Waals surface area contributed by atoms with Crippen LogP contribution < -0.4 is 10.1 Å². The van der Waals surface area contributed by atoms with Crippen LogP contribution in [0.15, 0.2) is 24.4 Å². The van der Waals surface area contributed by atoms with Crippen molar-refractivity contribution < 1.29 is 14.6 Å². The highest BCUT2D eigenvalue weighted by Crippen LogP contribution is 2.67. The highest BCUT2D eigenvalue weighted by Gasteiger charge is 2.70. The molecular formula is C18H19ClN4O3. The highest BCUT2D eigenvalue weighted by molar-refractivity contribution is 6.30. The third-order valence-corrected chi connectivity index (χ3v) is 6.13. The van der Waals surface area contributed by atoms with E-state index in [0.29, 0.717) is 16.3 Å². The first-order chi connectivity index (χ1) is 12.4. The number of halogens is 1. The Hall–Kier alpha value is -2.12. The van der Waals surface area contributed by atoms with E-state index in [1.165, 1.54) is 0 Å². The minimum absolute atomic E-state index is 0.0673. The lowest BCUT2D eigenvalue weighted by atomic mass is 9.38. The Morgan fingerprint density at radius 1 is 1.42 bits per heavy atom. The molecule has 3 fully saturated rings. The number of rotatable bonds is 3. The van der Waals surface area contributed by atoms with Gasteiger partial charge in [0.25, 0.3) is 5.91 Å². The van der Waals surface area contributed by atoms with E-state index in [1.807, 2.05) is 13.2 Å². The van der Waals surface area contributed by atoms with Crippen molar-refractivity contribution in [3.05, 3.63) is 40.7 Å². The molecule has 1 amide bonds. The smallest absolute Gasteiger partial charge is 0.261 e. The van der Waals surface area contributed by atoms with Gasteiger partial charge in [-0.25, -0.2) is 0 Å². The van der Waals surface area contributed by atoms with E-state index in [2.05, 4.69) is 15.5 Å². The van der Waals surface area contributed by atoms with Crippen LogP contribution in [0.2, 0.25) is 5.02 Å². The zero-order valence-corrected chi connectivity index (χ0v) is 15.0. The van der Waals surface area contributed by atoms with Crippen molar-refractivity contribution in [2.75, 3.05) is 0 Å². The molecule has 7 nitrogen and oxygen atoms in total. The number of fused-ring (bicyclic) bond motifs is 1. The molecule has 3 saturated carbocycles. The van der Waals surface area contributed by atoms with Crippen molar-refractivity contribution in [3.8, 4) is 5.75 Å². The van der Waals surface area contributed by atoms with Crippen LogP contribution in [0.25, 0.3) is 0 Å². The summed E-state index contributed by atoms with van der Waals surface area (Å²) >= 11 is 5.97. The van der Waals surface area contributed by atoms with E-state index < -0.39 is 12.2 Å². The Morgan fingerprint density at radius 3 is 2.88 bits per heavy atom. The van der Waals surface area contributed by atoms with Gasteiger partial charge >= 0.3 is 0 Å². The maximum absolute atomic E-state index is 12.7. The molecule has 6 rings (SSSR count). The van der Waals surface area contributed by atoms with E-state index in [-0.39, 0.29) is 23.3 Å². The highest BCUT2D eigenvalue weighted by atomic mass is 35.5. The van der Waals surface area contributed by atoms with Gasteiger partial charge in [0.05, 0.1) is 18.0 Å². The monoisotopic (exact) mass is 374 g/mol. The van der Waals surface area contributed by atoms with Crippen LogP contribution in [0.5, 0.6) is 5.75 Å². The second kappa shape index (κ2) is 5.20. The molecular weight excluding hydrogens is 356 g/mol. The summed E-state index contributed by atoms with van der Waals surface area (Å²) in [6, 6.07) is 5.07. The van der Waals surface area contributed by atoms with Crippen molar-refractivity contribution >= 4 is 17.5 Å². The molecule has 3 aliphatic carbocycles. The Balaban J connectivity index is 1.25. The average molecular weight is 375 g/mol. The van der Waals surface area contributed by atoms with Gasteiger partial charge in [0.15, 0.2) is 6.10 Å². The molecule has 2 aromatic rings. The number of aromatic nitrogens is 3. The lowest BCUT2D eigenvalue weighted by Crippen LogP contribution is -2.77. The lowest BCUT2D eigenvalue weighted by Gasteiger charge is -2.69. The molecule has 1 aromatic heterocycles. The fraction of sp³-hybridized carbons (Fsp3) is 0.500. The first-order valence-electron chi connectivity index (χ1n) is 8.71. The van der Waals surface area contributed by atoms with Crippen molar-refractivity contribution in [1.29, 1.82) is 0 Å². The summed E-state index contributed by atoms with van der Waals surface area (Å²) in [6.45, 7) is 0. The summed E-state index contributed by atoms with van der Waals surface area (Å²) in [6.07, 6.45) is 3.23. The Labute approximate surface area is 155 Å². The predicted octanol–water partition coefficient (Wildman–Crippen LogP) is 1.64. The molecule has 0 spiro atoms. The van der Waals surface area contributed by atoms with Crippen LogP contribution in [0.4, 0.5) is 0 Å². The number of carbonyl (C=O) groups excluding carboxylic acids is 1. The topological polar surface area (TPSA) is 89.3 Å². The zero-order valence-electron chi connectivity index (χ0n) is 14.3. The van der Waals surface area contributed by atoms with Crippen LogP contribution in [-0.4, -0.2) is 37.7 Å². The molecule has 0 unspecified atom stereocenters. The number of ether oxygens (including phenoxy) is 1. The van der Waals surface area contributed by atoms with Crippen molar-refractivity contribution in [3.63, 3.8) is 0 Å². The van der Waals surface area contributed by atoms with Gasteiger partial charge in [-0.05, 0) is 37.5 Å². The number of hydrogen-bond donors (Lipinski definition) is 2.